The van der Waals surface area contributed by atoms with E-state index in [1.54, 1.807) is 11.8 Å². The first-order valence-electron chi connectivity index (χ1n) is 7.28. The maximum Gasteiger partial charge on any atom is 0.329 e. The van der Waals surface area contributed by atoms with E-state index in [-0.39, 0.29) is 17.9 Å². The van der Waals surface area contributed by atoms with E-state index in [1.165, 1.54) is 12.0 Å². The van der Waals surface area contributed by atoms with E-state index in [9.17, 15) is 19.5 Å². The Bertz CT molecular complexity index is 445. The molecule has 0 aromatic heterocycles. The lowest BCUT2D eigenvalue weighted by Crippen LogP contribution is -2.56. The second kappa shape index (κ2) is 5.91. The molecule has 2 rings (SSSR count). The Balaban J connectivity index is 1.99. The molecule has 7 nitrogen and oxygen atoms in total. The maximum absolute atomic E-state index is 12.5. The zero-order valence-corrected chi connectivity index (χ0v) is 12.5. The number of hydrogen-bond donors (Lipinski definition) is 1. The monoisotopic (exact) mass is 298 g/mol. The van der Waals surface area contributed by atoms with Gasteiger partial charge in [-0.25, -0.2) is 9.59 Å². The van der Waals surface area contributed by atoms with Gasteiger partial charge >= 0.3 is 18.0 Å². The van der Waals surface area contributed by atoms with Crippen LogP contribution in [0.15, 0.2) is 0 Å². The van der Waals surface area contributed by atoms with Gasteiger partial charge in [0.05, 0.1) is 13.0 Å². The summed E-state index contributed by atoms with van der Waals surface area (Å²) in [5, 5.41) is 9.36. The van der Waals surface area contributed by atoms with Gasteiger partial charge < -0.3 is 19.6 Å². The van der Waals surface area contributed by atoms with Gasteiger partial charge in [0, 0.05) is 19.6 Å². The molecule has 2 aliphatic rings. The fourth-order valence-electron chi connectivity index (χ4n) is 3.14. The van der Waals surface area contributed by atoms with Gasteiger partial charge in [-0.05, 0) is 32.6 Å². The highest BCUT2D eigenvalue weighted by Gasteiger charge is 2.47. The van der Waals surface area contributed by atoms with Crippen LogP contribution in [0.3, 0.4) is 0 Å². The van der Waals surface area contributed by atoms with Crippen molar-refractivity contribution in [1.29, 1.82) is 0 Å². The fraction of sp³-hybridized carbons (Fsp3) is 0.786. The van der Waals surface area contributed by atoms with E-state index in [1.807, 2.05) is 0 Å². The van der Waals surface area contributed by atoms with E-state index in [0.29, 0.717) is 45.3 Å². The van der Waals surface area contributed by atoms with Gasteiger partial charge in [-0.15, -0.1) is 0 Å². The fourth-order valence-corrected chi connectivity index (χ4v) is 3.14. The van der Waals surface area contributed by atoms with Crippen LogP contribution in [0, 0.1) is 5.92 Å². The molecular formula is C14H22N2O5. The molecule has 21 heavy (non-hydrogen) atoms. The van der Waals surface area contributed by atoms with Gasteiger partial charge in [-0.3, -0.25) is 4.79 Å². The molecule has 2 aliphatic heterocycles. The minimum Gasteiger partial charge on any atom is -0.480 e. The van der Waals surface area contributed by atoms with Gasteiger partial charge in [0.2, 0.25) is 0 Å². The van der Waals surface area contributed by atoms with Crippen LogP contribution in [0.4, 0.5) is 4.79 Å². The highest BCUT2D eigenvalue weighted by molar-refractivity contribution is 5.86. The van der Waals surface area contributed by atoms with Crippen LogP contribution in [-0.4, -0.2) is 65.2 Å². The molecule has 0 spiro atoms. The van der Waals surface area contributed by atoms with Crippen molar-refractivity contribution in [2.45, 2.75) is 38.1 Å². The van der Waals surface area contributed by atoms with Crippen LogP contribution < -0.4 is 0 Å². The van der Waals surface area contributed by atoms with E-state index < -0.39 is 11.5 Å². The van der Waals surface area contributed by atoms with E-state index in [0.717, 1.165) is 0 Å². The summed E-state index contributed by atoms with van der Waals surface area (Å²) in [7, 11) is 1.36. The molecule has 0 bridgehead atoms. The molecule has 1 atom stereocenters. The zero-order valence-electron chi connectivity index (χ0n) is 12.5. The lowest BCUT2D eigenvalue weighted by molar-refractivity contribution is -0.147. The third-order valence-electron chi connectivity index (χ3n) is 4.63. The molecule has 0 radical (unpaired) electrons. The number of rotatable bonds is 2. The quantitative estimate of drug-likeness (QED) is 0.766. The van der Waals surface area contributed by atoms with Gasteiger partial charge in [0.15, 0.2) is 0 Å². The van der Waals surface area contributed by atoms with Crippen molar-refractivity contribution < 1.29 is 24.2 Å². The van der Waals surface area contributed by atoms with Crippen molar-refractivity contribution in [1.82, 2.24) is 9.80 Å². The Hall–Kier alpha value is -1.79. The number of likely N-dealkylation sites (tertiary alicyclic amines) is 2. The first kappa shape index (κ1) is 15.6. The number of hydrogen-bond acceptors (Lipinski definition) is 4. The Morgan fingerprint density at radius 2 is 1.81 bits per heavy atom. The Kier molecular flexibility index (Phi) is 4.39. The van der Waals surface area contributed by atoms with Gasteiger partial charge in [0.1, 0.15) is 5.54 Å². The third kappa shape index (κ3) is 2.82. The highest BCUT2D eigenvalue weighted by Crippen LogP contribution is 2.31. The van der Waals surface area contributed by atoms with E-state index in [2.05, 4.69) is 0 Å². The summed E-state index contributed by atoms with van der Waals surface area (Å²) >= 11 is 0. The number of nitrogens with zero attached hydrogens (tertiary/aromatic N) is 2. The summed E-state index contributed by atoms with van der Waals surface area (Å²) in [5.74, 6) is -1.36. The van der Waals surface area contributed by atoms with Gasteiger partial charge in [-0.1, -0.05) is 0 Å². The predicted molar refractivity (Wildman–Crippen MR) is 73.7 cm³/mol. The van der Waals surface area contributed by atoms with Crippen LogP contribution in [0.1, 0.15) is 32.6 Å². The molecule has 0 saturated carbocycles. The first-order valence-corrected chi connectivity index (χ1v) is 7.28. The molecule has 118 valence electrons. The molecule has 0 aromatic rings. The zero-order chi connectivity index (χ0) is 15.6. The summed E-state index contributed by atoms with van der Waals surface area (Å²) in [6.07, 6.45) is 2.31. The molecule has 2 saturated heterocycles. The van der Waals surface area contributed by atoms with Crippen molar-refractivity contribution in [2.75, 3.05) is 26.7 Å². The van der Waals surface area contributed by atoms with Crippen LogP contribution in [0.2, 0.25) is 0 Å². The molecule has 1 unspecified atom stereocenters. The molecule has 2 heterocycles. The summed E-state index contributed by atoms with van der Waals surface area (Å²) < 4.78 is 4.72. The number of carbonyl (C=O) groups is 3. The molecule has 0 aromatic carbocycles. The van der Waals surface area contributed by atoms with Crippen molar-refractivity contribution in [2.24, 2.45) is 5.92 Å². The molecular weight excluding hydrogens is 276 g/mol. The molecule has 7 heteroatoms. The predicted octanol–water partition coefficient (Wildman–Crippen LogP) is 0.930. The topological polar surface area (TPSA) is 87.2 Å². The van der Waals surface area contributed by atoms with Crippen LogP contribution in [-0.2, 0) is 14.3 Å². The minimum atomic E-state index is -1.11. The van der Waals surface area contributed by atoms with Gasteiger partial charge in [0.25, 0.3) is 0 Å². The number of ether oxygens (including phenoxy) is 1. The van der Waals surface area contributed by atoms with Crippen molar-refractivity contribution >= 4 is 18.0 Å². The number of carboxylic acid groups (broad SMARTS) is 1. The maximum atomic E-state index is 12.5. The Morgan fingerprint density at radius 3 is 2.33 bits per heavy atom. The third-order valence-corrected chi connectivity index (χ3v) is 4.63. The number of esters is 1. The number of methoxy groups -OCH3 is 1. The van der Waals surface area contributed by atoms with Crippen molar-refractivity contribution in [3.8, 4) is 0 Å². The van der Waals surface area contributed by atoms with Crippen LogP contribution in [0.25, 0.3) is 0 Å². The lowest BCUT2D eigenvalue weighted by atomic mass is 9.96. The summed E-state index contributed by atoms with van der Waals surface area (Å²) in [4.78, 5) is 38.5. The number of aliphatic carboxylic acids is 1. The van der Waals surface area contributed by atoms with Crippen molar-refractivity contribution in [3.63, 3.8) is 0 Å². The largest absolute Gasteiger partial charge is 0.480 e. The summed E-state index contributed by atoms with van der Waals surface area (Å²) in [6, 6.07) is -0.235. The number of amides is 2. The molecule has 0 aliphatic carbocycles. The smallest absolute Gasteiger partial charge is 0.329 e. The van der Waals surface area contributed by atoms with Crippen molar-refractivity contribution in [3.05, 3.63) is 0 Å². The molecule has 2 amide bonds. The van der Waals surface area contributed by atoms with Crippen LogP contribution >= 0.6 is 0 Å². The first-order chi connectivity index (χ1) is 9.90. The van der Waals surface area contributed by atoms with Crippen LogP contribution in [0.5, 0.6) is 0 Å². The number of carboxylic acids is 1. The van der Waals surface area contributed by atoms with E-state index >= 15 is 0 Å². The number of urea groups is 1. The molecule has 2 fully saturated rings. The summed E-state index contributed by atoms with van der Waals surface area (Å²) in [6.45, 7) is 3.00. The number of carbonyl (C=O) groups excluding carboxylic acids is 2. The Morgan fingerprint density at radius 1 is 1.19 bits per heavy atom. The molecule has 1 N–H and O–H groups in total. The van der Waals surface area contributed by atoms with E-state index in [4.69, 9.17) is 4.74 Å². The highest BCUT2D eigenvalue weighted by atomic mass is 16.5. The number of piperidine rings is 1. The minimum absolute atomic E-state index is 0.163. The standard InChI is InChI=1S/C14H22N2O5/c1-14(12(18)19)6-3-7-16(14)13(20)15-8-4-10(5-9-15)11(17)21-2/h10H,3-9H2,1-2H3,(H,18,19). The second-order valence-electron chi connectivity index (χ2n) is 5.90. The average Bonchev–Trinajstić information content (AvgIpc) is 2.89. The van der Waals surface area contributed by atoms with Gasteiger partial charge in [-0.2, -0.15) is 0 Å². The average molecular weight is 298 g/mol. The second-order valence-corrected chi connectivity index (χ2v) is 5.90. The summed E-state index contributed by atoms with van der Waals surface area (Å²) in [5.41, 5.74) is -1.11. The lowest BCUT2D eigenvalue weighted by Gasteiger charge is -2.38. The SMILES string of the molecule is COC(=O)C1CCN(C(=O)N2CCCC2(C)C(=O)O)CC1. The normalized spacial score (nSPS) is 26.8. The Labute approximate surface area is 123 Å².